The van der Waals surface area contributed by atoms with Gasteiger partial charge in [0.05, 0.1) is 14.2 Å². The van der Waals surface area contributed by atoms with Crippen molar-refractivity contribution in [3.05, 3.63) is 143 Å². The number of carbonyl (C=O) groups excluding carboxylic acids is 6. The first-order chi connectivity index (χ1) is 28.0. The summed E-state index contributed by atoms with van der Waals surface area (Å²) in [6.07, 6.45) is -0.00663. The molecule has 14 nitrogen and oxygen atoms in total. The molecule has 2 aliphatic heterocycles. The van der Waals surface area contributed by atoms with Crippen LogP contribution < -0.4 is 22.1 Å². The molecule has 0 unspecified atom stereocenters. The average molecular weight is 785 g/mol. The van der Waals surface area contributed by atoms with Crippen molar-refractivity contribution in [2.75, 3.05) is 27.3 Å². The first-order valence-electron chi connectivity index (χ1n) is 18.7. The summed E-state index contributed by atoms with van der Waals surface area (Å²) in [5, 5.41) is 5.20. The number of primary amides is 2. The van der Waals surface area contributed by atoms with Gasteiger partial charge in [-0.2, -0.15) is 0 Å². The van der Waals surface area contributed by atoms with E-state index in [-0.39, 0.29) is 25.9 Å². The van der Waals surface area contributed by atoms with Gasteiger partial charge in [-0.05, 0) is 72.2 Å². The molecule has 4 aromatic rings. The molecule has 298 valence electrons. The van der Waals surface area contributed by atoms with Crippen LogP contribution in [0.5, 0.6) is 0 Å². The highest BCUT2D eigenvalue weighted by Gasteiger charge is 2.53. The molecule has 2 aliphatic rings. The van der Waals surface area contributed by atoms with Gasteiger partial charge in [-0.25, -0.2) is 9.59 Å². The monoisotopic (exact) mass is 784 g/mol. The van der Waals surface area contributed by atoms with Gasteiger partial charge in [0.15, 0.2) is 0 Å². The second-order valence-electron chi connectivity index (χ2n) is 14.0. The number of likely N-dealkylation sites (tertiary alicyclic amines) is 2. The quantitative estimate of drug-likeness (QED) is 0.173. The average Bonchev–Trinajstić information content (AvgIpc) is 3.92. The van der Waals surface area contributed by atoms with E-state index in [0.717, 1.165) is 0 Å². The van der Waals surface area contributed by atoms with Crippen LogP contribution in [0.4, 0.5) is 9.59 Å². The summed E-state index contributed by atoms with van der Waals surface area (Å²) in [6.45, 7) is 0.485. The van der Waals surface area contributed by atoms with Crippen molar-refractivity contribution in [1.29, 1.82) is 0 Å². The summed E-state index contributed by atoms with van der Waals surface area (Å²) in [4.78, 5) is 82.3. The Bertz CT molecular complexity index is 2080. The maximum atomic E-state index is 14.1. The van der Waals surface area contributed by atoms with Gasteiger partial charge in [-0.15, -0.1) is 0 Å². The molecule has 2 saturated heterocycles. The molecular formula is C44H44N6O8. The summed E-state index contributed by atoms with van der Waals surface area (Å²) in [5.41, 5.74) is 12.5. The number of nitrogens with one attached hydrogen (secondary N) is 2. The largest absolute Gasteiger partial charge is 0.453 e. The Hall–Kier alpha value is -7.14. The van der Waals surface area contributed by atoms with E-state index >= 15 is 0 Å². The summed E-state index contributed by atoms with van der Waals surface area (Å²) in [6, 6.07) is 28.9. The number of nitrogens with two attached hydrogens (primary N) is 2. The van der Waals surface area contributed by atoms with Crippen LogP contribution in [0.25, 0.3) is 0 Å². The van der Waals surface area contributed by atoms with Crippen LogP contribution in [0.15, 0.2) is 109 Å². The van der Waals surface area contributed by atoms with Crippen LogP contribution in [-0.2, 0) is 39.7 Å². The Morgan fingerprint density at radius 2 is 0.914 bits per heavy atom. The molecule has 2 heterocycles. The second kappa shape index (κ2) is 17.3. The van der Waals surface area contributed by atoms with Crippen molar-refractivity contribution in [1.82, 2.24) is 20.4 Å². The lowest BCUT2D eigenvalue weighted by atomic mass is 9.85. The van der Waals surface area contributed by atoms with Crippen molar-refractivity contribution in [3.8, 4) is 11.8 Å². The Balaban J connectivity index is 1.24. The Kier molecular flexibility index (Phi) is 12.1. The lowest BCUT2D eigenvalue weighted by Crippen LogP contribution is -2.56. The topological polar surface area (TPSA) is 203 Å². The number of hydrogen-bond acceptors (Lipinski definition) is 8. The van der Waals surface area contributed by atoms with Crippen LogP contribution >= 0.6 is 0 Å². The van der Waals surface area contributed by atoms with Crippen molar-refractivity contribution in [2.24, 2.45) is 11.5 Å². The van der Waals surface area contributed by atoms with E-state index in [1.54, 1.807) is 109 Å². The third kappa shape index (κ3) is 7.79. The Morgan fingerprint density at radius 1 is 0.569 bits per heavy atom. The fourth-order valence-corrected chi connectivity index (χ4v) is 7.97. The fourth-order valence-electron chi connectivity index (χ4n) is 7.97. The zero-order valence-corrected chi connectivity index (χ0v) is 32.1. The van der Waals surface area contributed by atoms with Gasteiger partial charge in [0.1, 0.15) is 23.2 Å². The van der Waals surface area contributed by atoms with E-state index in [2.05, 4.69) is 22.5 Å². The number of rotatable bonds is 10. The predicted octanol–water partition coefficient (Wildman–Crippen LogP) is 3.89. The molecule has 14 heteroatoms. The zero-order valence-electron chi connectivity index (χ0n) is 32.1. The van der Waals surface area contributed by atoms with Gasteiger partial charge in [0, 0.05) is 24.2 Å². The molecule has 2 fully saturated rings. The van der Waals surface area contributed by atoms with E-state index in [1.165, 1.54) is 24.0 Å². The number of nitrogens with zero attached hydrogens (tertiary/aromatic N) is 2. The van der Waals surface area contributed by atoms with Gasteiger partial charge in [-0.1, -0.05) is 96.8 Å². The molecule has 6 rings (SSSR count). The molecule has 4 atom stereocenters. The Labute approximate surface area is 335 Å². The number of methoxy groups -OCH3 is 2. The highest BCUT2D eigenvalue weighted by Crippen LogP contribution is 2.42. The molecule has 0 radical (unpaired) electrons. The van der Waals surface area contributed by atoms with Crippen molar-refractivity contribution in [2.45, 2.75) is 48.8 Å². The molecule has 58 heavy (non-hydrogen) atoms. The van der Waals surface area contributed by atoms with Crippen LogP contribution in [0, 0.1) is 11.8 Å². The normalized spacial score (nSPS) is 19.5. The van der Waals surface area contributed by atoms with Crippen LogP contribution in [0.3, 0.4) is 0 Å². The molecule has 0 spiro atoms. The van der Waals surface area contributed by atoms with Gasteiger partial charge in [-0.3, -0.25) is 19.2 Å². The van der Waals surface area contributed by atoms with Gasteiger partial charge in [0.25, 0.3) is 11.8 Å². The summed E-state index contributed by atoms with van der Waals surface area (Å²) in [5.74, 6) is 3.82. The number of amides is 6. The summed E-state index contributed by atoms with van der Waals surface area (Å²) in [7, 11) is 2.41. The molecule has 4 aromatic carbocycles. The van der Waals surface area contributed by atoms with E-state index in [4.69, 9.17) is 20.9 Å². The van der Waals surface area contributed by atoms with Crippen LogP contribution in [0.2, 0.25) is 0 Å². The van der Waals surface area contributed by atoms with Gasteiger partial charge < -0.3 is 41.4 Å². The third-order valence-electron chi connectivity index (χ3n) is 10.8. The highest BCUT2D eigenvalue weighted by atomic mass is 16.5. The number of benzene rings is 4. The lowest BCUT2D eigenvalue weighted by Gasteiger charge is -2.38. The molecule has 0 saturated carbocycles. The molecule has 6 amide bonds. The standard InChI is InChI=1S/C44H44N6O8/c1-57-41(55)47-35(31-11-5-3-6-12-31)37(51)49-27-9-25-43(49,39(45)53)33-21-17-29(18-22-33)15-16-30-19-23-34(24-20-30)44(40(46)54)26-10-28-50(44)38(52)36(48-42(56)58-2)32-13-7-4-8-14-32/h3-8,11-14,17-24,35-36H,9-10,25-28H2,1-2H3,(H2,45,53)(H2,46,54)(H,47,55)(H,48,56)/t35-,36-,43+,44+/m1/s1. The number of carbonyl (C=O) groups is 6. The minimum absolute atomic E-state index is 0.243. The highest BCUT2D eigenvalue weighted by molar-refractivity contribution is 5.96. The van der Waals surface area contributed by atoms with E-state index < -0.39 is 59.0 Å². The second-order valence-corrected chi connectivity index (χ2v) is 14.0. The van der Waals surface area contributed by atoms with E-state index in [0.29, 0.717) is 46.2 Å². The first kappa shape index (κ1) is 40.5. The van der Waals surface area contributed by atoms with Gasteiger partial charge >= 0.3 is 12.2 Å². The summed E-state index contributed by atoms with van der Waals surface area (Å²) >= 11 is 0. The third-order valence-corrected chi connectivity index (χ3v) is 10.8. The number of hydrogen-bond donors (Lipinski definition) is 4. The molecule has 0 bridgehead atoms. The fraction of sp³-hybridized carbons (Fsp3) is 0.273. The van der Waals surface area contributed by atoms with E-state index in [1.807, 2.05) is 0 Å². The lowest BCUT2D eigenvalue weighted by molar-refractivity contribution is -0.145. The number of alkyl carbamates (subject to hydrolysis) is 2. The SMILES string of the molecule is COC(=O)N[C@@H](C(=O)N1CCC[C@@]1(C(N)=O)c1ccc(C#Cc2ccc([C@]3(C(N)=O)CCCN3C(=O)[C@H](NC(=O)OC)c3ccccc3)cc2)cc1)c1ccccc1. The summed E-state index contributed by atoms with van der Waals surface area (Å²) < 4.78 is 9.57. The van der Waals surface area contributed by atoms with Crippen LogP contribution in [-0.4, -0.2) is 72.9 Å². The first-order valence-corrected chi connectivity index (χ1v) is 18.7. The number of ether oxygens (including phenoxy) is 2. The van der Waals surface area contributed by atoms with Crippen LogP contribution in [0.1, 0.15) is 71.1 Å². The van der Waals surface area contributed by atoms with Crippen molar-refractivity contribution >= 4 is 35.8 Å². The van der Waals surface area contributed by atoms with Gasteiger partial charge in [0.2, 0.25) is 11.8 Å². The predicted molar refractivity (Wildman–Crippen MR) is 212 cm³/mol. The zero-order chi connectivity index (χ0) is 41.5. The molecule has 0 aliphatic carbocycles. The molecular weight excluding hydrogens is 741 g/mol. The maximum absolute atomic E-state index is 14.1. The van der Waals surface area contributed by atoms with Crippen molar-refractivity contribution in [3.63, 3.8) is 0 Å². The maximum Gasteiger partial charge on any atom is 0.407 e. The molecule has 0 aromatic heterocycles. The van der Waals surface area contributed by atoms with E-state index in [9.17, 15) is 28.8 Å². The Morgan fingerprint density at radius 3 is 1.22 bits per heavy atom. The molecule has 6 N–H and O–H groups in total. The smallest absolute Gasteiger partial charge is 0.407 e. The van der Waals surface area contributed by atoms with Crippen molar-refractivity contribution < 1.29 is 38.2 Å². The minimum Gasteiger partial charge on any atom is -0.453 e. The minimum atomic E-state index is -1.47.